The molecule has 0 aliphatic carbocycles. The smallest absolute Gasteiger partial charge is 0.328 e. The fourth-order valence-electron chi connectivity index (χ4n) is 2.34. The lowest BCUT2D eigenvalue weighted by Gasteiger charge is -2.23. The monoisotopic (exact) mass is 356 g/mol. The van der Waals surface area contributed by atoms with Crippen molar-refractivity contribution in [1.82, 2.24) is 4.90 Å². The van der Waals surface area contributed by atoms with Crippen molar-refractivity contribution in [1.29, 1.82) is 0 Å². The second-order valence-electron chi connectivity index (χ2n) is 4.60. The SMILES string of the molecule is COC(=O)C1CCCN1C(=O)c1cc([N+](=O)[O-])ccc1Br. The zero-order valence-corrected chi connectivity index (χ0v) is 12.8. The van der Waals surface area contributed by atoms with Gasteiger partial charge in [0.25, 0.3) is 11.6 Å². The van der Waals surface area contributed by atoms with E-state index in [1.807, 2.05) is 0 Å². The van der Waals surface area contributed by atoms with E-state index in [4.69, 9.17) is 0 Å². The Morgan fingerprint density at radius 2 is 2.19 bits per heavy atom. The number of carbonyl (C=O) groups excluding carboxylic acids is 2. The highest BCUT2D eigenvalue weighted by Gasteiger charge is 2.36. The van der Waals surface area contributed by atoms with Crippen LogP contribution in [0.3, 0.4) is 0 Å². The van der Waals surface area contributed by atoms with Gasteiger partial charge in [-0.2, -0.15) is 0 Å². The van der Waals surface area contributed by atoms with Crippen molar-refractivity contribution in [2.75, 3.05) is 13.7 Å². The van der Waals surface area contributed by atoms with Crippen LogP contribution >= 0.6 is 15.9 Å². The number of benzene rings is 1. The molecule has 8 heteroatoms. The van der Waals surface area contributed by atoms with Crippen LogP contribution in [0.2, 0.25) is 0 Å². The highest BCUT2D eigenvalue weighted by atomic mass is 79.9. The molecule has 0 N–H and O–H groups in total. The van der Waals surface area contributed by atoms with Crippen molar-refractivity contribution in [3.8, 4) is 0 Å². The standard InChI is InChI=1S/C13H13BrN2O5/c1-21-13(18)11-3-2-6-15(11)12(17)9-7-8(16(19)20)4-5-10(9)14/h4-5,7,11H,2-3,6H2,1H3. The minimum absolute atomic E-state index is 0.167. The van der Waals surface area contributed by atoms with Crippen LogP contribution in [0, 0.1) is 10.1 Å². The molecule has 1 aliphatic heterocycles. The van der Waals surface area contributed by atoms with Crippen molar-refractivity contribution < 1.29 is 19.2 Å². The van der Waals surface area contributed by atoms with Crippen LogP contribution in [0.4, 0.5) is 5.69 Å². The molecule has 0 saturated carbocycles. The van der Waals surface area contributed by atoms with Crippen molar-refractivity contribution in [2.24, 2.45) is 0 Å². The lowest BCUT2D eigenvalue weighted by molar-refractivity contribution is -0.384. The maximum absolute atomic E-state index is 12.5. The minimum atomic E-state index is -0.631. The number of hydrogen-bond donors (Lipinski definition) is 0. The second kappa shape index (κ2) is 6.21. The van der Waals surface area contributed by atoms with Gasteiger partial charge in [0.2, 0.25) is 0 Å². The quantitative estimate of drug-likeness (QED) is 0.470. The molecule has 7 nitrogen and oxygen atoms in total. The molecule has 1 aromatic rings. The van der Waals surface area contributed by atoms with E-state index in [1.165, 1.54) is 30.2 Å². The Balaban J connectivity index is 2.33. The number of hydrogen-bond acceptors (Lipinski definition) is 5. The molecule has 2 rings (SSSR count). The number of methoxy groups -OCH3 is 1. The summed E-state index contributed by atoms with van der Waals surface area (Å²) in [7, 11) is 1.27. The van der Waals surface area contributed by atoms with Gasteiger partial charge in [0.15, 0.2) is 0 Å². The number of halogens is 1. The molecule has 1 unspecified atom stereocenters. The number of non-ortho nitro benzene ring substituents is 1. The number of nitro groups is 1. The van der Waals surface area contributed by atoms with Gasteiger partial charge in [0.05, 0.1) is 17.6 Å². The lowest BCUT2D eigenvalue weighted by atomic mass is 10.1. The van der Waals surface area contributed by atoms with Gasteiger partial charge in [-0.15, -0.1) is 0 Å². The van der Waals surface area contributed by atoms with Gasteiger partial charge in [-0.25, -0.2) is 4.79 Å². The molecule has 1 amide bonds. The zero-order valence-electron chi connectivity index (χ0n) is 11.2. The average molecular weight is 357 g/mol. The molecular weight excluding hydrogens is 344 g/mol. The van der Waals surface area contributed by atoms with Crippen LogP contribution in [0.25, 0.3) is 0 Å². The van der Waals surface area contributed by atoms with Gasteiger partial charge in [-0.05, 0) is 34.8 Å². The summed E-state index contributed by atoms with van der Waals surface area (Å²) in [5, 5.41) is 10.8. The molecule has 1 atom stereocenters. The Hall–Kier alpha value is -1.96. The third-order valence-corrected chi connectivity index (χ3v) is 4.07. The highest BCUT2D eigenvalue weighted by molar-refractivity contribution is 9.10. The van der Waals surface area contributed by atoms with E-state index < -0.39 is 22.8 Å². The van der Waals surface area contributed by atoms with Crippen LogP contribution < -0.4 is 0 Å². The number of rotatable bonds is 3. The van der Waals surface area contributed by atoms with Crippen LogP contribution in [0.1, 0.15) is 23.2 Å². The predicted molar refractivity (Wildman–Crippen MR) is 76.9 cm³/mol. The summed E-state index contributed by atoms with van der Waals surface area (Å²) in [5.41, 5.74) is -0.00429. The van der Waals surface area contributed by atoms with Gasteiger partial charge in [0, 0.05) is 23.2 Å². The van der Waals surface area contributed by atoms with Gasteiger partial charge in [-0.1, -0.05) is 0 Å². The number of nitrogens with zero attached hydrogens (tertiary/aromatic N) is 2. The van der Waals surface area contributed by atoms with Crippen LogP contribution in [0.15, 0.2) is 22.7 Å². The maximum atomic E-state index is 12.5. The molecule has 0 radical (unpaired) electrons. The van der Waals surface area contributed by atoms with E-state index in [0.29, 0.717) is 23.9 Å². The van der Waals surface area contributed by atoms with E-state index in [9.17, 15) is 19.7 Å². The average Bonchev–Trinajstić information content (AvgIpc) is 2.95. The maximum Gasteiger partial charge on any atom is 0.328 e. The van der Waals surface area contributed by atoms with Crippen molar-refractivity contribution >= 4 is 33.5 Å². The predicted octanol–water partition coefficient (Wildman–Crippen LogP) is 2.13. The Morgan fingerprint density at radius 3 is 2.81 bits per heavy atom. The van der Waals surface area contributed by atoms with Gasteiger partial charge >= 0.3 is 5.97 Å². The second-order valence-corrected chi connectivity index (χ2v) is 5.46. The third-order valence-electron chi connectivity index (χ3n) is 3.38. The first-order valence-electron chi connectivity index (χ1n) is 6.28. The third kappa shape index (κ3) is 3.05. The van der Waals surface area contributed by atoms with Crippen LogP contribution in [-0.4, -0.2) is 41.4 Å². The topological polar surface area (TPSA) is 89.8 Å². The van der Waals surface area contributed by atoms with Gasteiger partial charge in [0.1, 0.15) is 6.04 Å². The molecule has 21 heavy (non-hydrogen) atoms. The van der Waals surface area contributed by atoms with E-state index in [1.54, 1.807) is 0 Å². The van der Waals surface area contributed by atoms with E-state index in [-0.39, 0.29) is 11.3 Å². The number of likely N-dealkylation sites (tertiary alicyclic amines) is 1. The molecule has 0 bridgehead atoms. The molecular formula is C13H13BrN2O5. The molecule has 0 aromatic heterocycles. The van der Waals surface area contributed by atoms with Crippen LogP contribution in [-0.2, 0) is 9.53 Å². The fraction of sp³-hybridized carbons (Fsp3) is 0.385. The number of ether oxygens (including phenoxy) is 1. The summed E-state index contributed by atoms with van der Waals surface area (Å²) in [6.45, 7) is 0.424. The molecule has 1 aromatic carbocycles. The normalized spacial score (nSPS) is 17.6. The largest absolute Gasteiger partial charge is 0.467 e. The fourth-order valence-corrected chi connectivity index (χ4v) is 2.75. The van der Waals surface area contributed by atoms with E-state index in [2.05, 4.69) is 20.7 Å². The first-order chi connectivity index (χ1) is 9.95. The summed E-state index contributed by atoms with van der Waals surface area (Å²) >= 11 is 3.22. The first-order valence-corrected chi connectivity index (χ1v) is 7.07. The van der Waals surface area contributed by atoms with Crippen molar-refractivity contribution in [3.05, 3.63) is 38.3 Å². The molecule has 1 fully saturated rings. The van der Waals surface area contributed by atoms with Crippen molar-refractivity contribution in [3.63, 3.8) is 0 Å². The minimum Gasteiger partial charge on any atom is -0.467 e. The van der Waals surface area contributed by atoms with Gasteiger partial charge in [-0.3, -0.25) is 14.9 Å². The molecule has 1 heterocycles. The Kier molecular flexibility index (Phi) is 4.56. The van der Waals surface area contributed by atoms with Gasteiger partial charge < -0.3 is 9.64 Å². The van der Waals surface area contributed by atoms with E-state index >= 15 is 0 Å². The molecule has 1 saturated heterocycles. The number of carbonyl (C=O) groups is 2. The summed E-state index contributed by atoms with van der Waals surface area (Å²) in [5.74, 6) is -0.888. The number of esters is 1. The lowest BCUT2D eigenvalue weighted by Crippen LogP contribution is -2.41. The molecule has 112 valence electrons. The Morgan fingerprint density at radius 1 is 1.48 bits per heavy atom. The Labute approximate surface area is 129 Å². The molecule has 0 spiro atoms. The highest BCUT2D eigenvalue weighted by Crippen LogP contribution is 2.27. The molecule has 1 aliphatic rings. The van der Waals surface area contributed by atoms with Crippen molar-refractivity contribution in [2.45, 2.75) is 18.9 Å². The summed E-state index contributed by atoms with van der Waals surface area (Å²) < 4.78 is 5.14. The van der Waals surface area contributed by atoms with Crippen LogP contribution in [0.5, 0.6) is 0 Å². The summed E-state index contributed by atoms with van der Waals surface area (Å²) in [6, 6.07) is 3.34. The first kappa shape index (κ1) is 15.4. The Bertz CT molecular complexity index is 604. The summed E-state index contributed by atoms with van der Waals surface area (Å²) in [4.78, 5) is 35.9. The summed E-state index contributed by atoms with van der Waals surface area (Å²) in [6.07, 6.45) is 1.23. The number of nitro benzene ring substituents is 1. The van der Waals surface area contributed by atoms with E-state index in [0.717, 1.165) is 0 Å². The zero-order chi connectivity index (χ0) is 15.6. The number of amides is 1.